The van der Waals surface area contributed by atoms with Gasteiger partial charge in [0.05, 0.1) is 18.8 Å². The highest BCUT2D eigenvalue weighted by atomic mass is 16.7. The molecule has 0 aliphatic carbocycles. The van der Waals surface area contributed by atoms with Gasteiger partial charge in [-0.05, 0) is 24.1 Å². The van der Waals surface area contributed by atoms with E-state index in [0.717, 1.165) is 12.8 Å². The van der Waals surface area contributed by atoms with Gasteiger partial charge in [-0.1, -0.05) is 51.2 Å². The Hall–Kier alpha value is -3.15. The summed E-state index contributed by atoms with van der Waals surface area (Å²) in [6.07, 6.45) is 1.10. The van der Waals surface area contributed by atoms with Gasteiger partial charge < -0.3 is 44.2 Å². The summed E-state index contributed by atoms with van der Waals surface area (Å²) in [4.78, 5) is 13.2. The van der Waals surface area contributed by atoms with E-state index in [0.29, 0.717) is 17.9 Å². The predicted octanol–water partition coefficient (Wildman–Crippen LogP) is 3.08. The molecule has 39 heavy (non-hydrogen) atoms. The van der Waals surface area contributed by atoms with Gasteiger partial charge in [-0.15, -0.1) is 0 Å². The topological polar surface area (TPSA) is 159 Å². The molecule has 0 amide bonds. The summed E-state index contributed by atoms with van der Waals surface area (Å²) in [7, 11) is 0. The summed E-state index contributed by atoms with van der Waals surface area (Å²) in [6, 6.07) is 9.24. The quantitative estimate of drug-likeness (QED) is 0.215. The fourth-order valence-electron chi connectivity index (χ4n) is 4.57. The van der Waals surface area contributed by atoms with Crippen molar-refractivity contribution in [3.8, 4) is 28.4 Å². The van der Waals surface area contributed by atoms with Crippen molar-refractivity contribution in [2.75, 3.05) is 13.2 Å². The lowest BCUT2D eigenvalue weighted by Gasteiger charge is -2.39. The monoisotopic (exact) mass is 544 g/mol. The van der Waals surface area contributed by atoms with Gasteiger partial charge in [0.25, 0.3) is 0 Å². The highest BCUT2D eigenvalue weighted by Crippen LogP contribution is 2.31. The molecule has 1 aromatic heterocycles. The SMILES string of the molecule is CCCCCCCCOc1cc(O)c2c(=O)c(-c3ccc(O[C@@H]4O[C@H](CO)[C@H](O)[C@H](O)[C@H]4O)cc3)coc2c1. The summed E-state index contributed by atoms with van der Waals surface area (Å²) in [5.41, 5.74) is 0.510. The van der Waals surface area contributed by atoms with Crippen LogP contribution in [0.1, 0.15) is 45.4 Å². The number of hydrogen-bond acceptors (Lipinski definition) is 10. The van der Waals surface area contributed by atoms with Crippen LogP contribution in [0.15, 0.2) is 51.9 Å². The Kier molecular flexibility index (Phi) is 9.82. The van der Waals surface area contributed by atoms with Gasteiger partial charge in [0, 0.05) is 12.1 Å². The van der Waals surface area contributed by atoms with E-state index in [1.165, 1.54) is 50.1 Å². The molecule has 2 aromatic carbocycles. The third-order valence-electron chi connectivity index (χ3n) is 6.86. The van der Waals surface area contributed by atoms with Crippen LogP contribution < -0.4 is 14.9 Å². The van der Waals surface area contributed by atoms with Gasteiger partial charge >= 0.3 is 0 Å². The number of phenolic OH excluding ortho intramolecular Hbond substituents is 1. The van der Waals surface area contributed by atoms with E-state index in [1.54, 1.807) is 18.2 Å². The van der Waals surface area contributed by atoms with E-state index in [-0.39, 0.29) is 28.0 Å². The van der Waals surface area contributed by atoms with E-state index in [1.807, 2.05) is 0 Å². The third-order valence-corrected chi connectivity index (χ3v) is 6.86. The molecule has 1 saturated heterocycles. The van der Waals surface area contributed by atoms with Gasteiger partial charge in [0.2, 0.25) is 11.7 Å². The second-order valence-corrected chi connectivity index (χ2v) is 9.75. The van der Waals surface area contributed by atoms with Crippen LogP contribution in [-0.4, -0.2) is 69.5 Å². The average molecular weight is 545 g/mol. The predicted molar refractivity (Wildman–Crippen MR) is 143 cm³/mol. The molecule has 1 fully saturated rings. The van der Waals surface area contributed by atoms with Crippen LogP contribution in [0.25, 0.3) is 22.1 Å². The average Bonchev–Trinajstić information content (AvgIpc) is 2.93. The molecule has 2 heterocycles. The van der Waals surface area contributed by atoms with Crippen molar-refractivity contribution in [1.82, 2.24) is 0 Å². The number of aliphatic hydroxyl groups excluding tert-OH is 4. The molecule has 5 N–H and O–H groups in total. The molecule has 0 radical (unpaired) electrons. The van der Waals surface area contributed by atoms with Crippen molar-refractivity contribution >= 4 is 11.0 Å². The first-order valence-electron chi connectivity index (χ1n) is 13.3. The zero-order chi connectivity index (χ0) is 27.9. The molecule has 0 bridgehead atoms. The van der Waals surface area contributed by atoms with Crippen LogP contribution >= 0.6 is 0 Å². The molecule has 10 heteroatoms. The molecule has 3 aromatic rings. The molecule has 212 valence electrons. The first kappa shape index (κ1) is 28.8. The van der Waals surface area contributed by atoms with Gasteiger partial charge in [-0.3, -0.25) is 4.79 Å². The molecular formula is C29H36O10. The largest absolute Gasteiger partial charge is 0.507 e. The third kappa shape index (κ3) is 6.71. The van der Waals surface area contributed by atoms with Crippen molar-refractivity contribution in [2.45, 2.75) is 76.2 Å². The van der Waals surface area contributed by atoms with Crippen LogP contribution in [-0.2, 0) is 4.74 Å². The number of ether oxygens (including phenoxy) is 3. The number of aliphatic hydroxyl groups is 4. The van der Waals surface area contributed by atoms with Crippen LogP contribution in [0.5, 0.6) is 17.2 Å². The first-order valence-corrected chi connectivity index (χ1v) is 13.3. The summed E-state index contributed by atoms with van der Waals surface area (Å²) in [6.45, 7) is 2.12. The van der Waals surface area contributed by atoms with Crippen molar-refractivity contribution in [3.05, 3.63) is 52.9 Å². The van der Waals surface area contributed by atoms with Gasteiger partial charge in [-0.25, -0.2) is 0 Å². The molecule has 0 saturated carbocycles. The second kappa shape index (κ2) is 13.3. The van der Waals surface area contributed by atoms with Crippen LogP contribution in [0.3, 0.4) is 0 Å². The van der Waals surface area contributed by atoms with E-state index in [2.05, 4.69) is 6.92 Å². The Morgan fingerprint density at radius 2 is 1.62 bits per heavy atom. The normalized spacial score (nSPS) is 23.2. The van der Waals surface area contributed by atoms with Gasteiger partial charge in [-0.2, -0.15) is 0 Å². The summed E-state index contributed by atoms with van der Waals surface area (Å²) < 4.78 is 22.4. The van der Waals surface area contributed by atoms with Crippen molar-refractivity contribution in [3.63, 3.8) is 0 Å². The minimum atomic E-state index is -1.56. The molecule has 5 atom stereocenters. The highest BCUT2D eigenvalue weighted by Gasteiger charge is 2.44. The molecular weight excluding hydrogens is 508 g/mol. The Balaban J connectivity index is 1.44. The van der Waals surface area contributed by atoms with Crippen LogP contribution in [0, 0.1) is 0 Å². The van der Waals surface area contributed by atoms with Crippen LogP contribution in [0.2, 0.25) is 0 Å². The Labute approximate surface area is 226 Å². The highest BCUT2D eigenvalue weighted by molar-refractivity contribution is 5.88. The van der Waals surface area contributed by atoms with E-state index >= 15 is 0 Å². The molecule has 1 aliphatic rings. The smallest absolute Gasteiger partial charge is 0.229 e. The lowest BCUT2D eigenvalue weighted by atomic mass is 9.99. The van der Waals surface area contributed by atoms with Crippen molar-refractivity contribution < 1.29 is 44.2 Å². The van der Waals surface area contributed by atoms with E-state index in [4.69, 9.17) is 18.6 Å². The summed E-state index contributed by atoms with van der Waals surface area (Å²) in [5, 5.41) is 50.0. The van der Waals surface area contributed by atoms with Crippen molar-refractivity contribution in [1.29, 1.82) is 0 Å². The fourth-order valence-corrected chi connectivity index (χ4v) is 4.57. The Bertz CT molecular complexity index is 1270. The maximum Gasteiger partial charge on any atom is 0.229 e. The maximum atomic E-state index is 13.2. The molecule has 10 nitrogen and oxygen atoms in total. The number of unbranched alkanes of at least 4 members (excludes halogenated alkanes) is 5. The number of phenols is 1. The standard InChI is InChI=1S/C29H36O10/c1-2-3-4-5-6-7-12-36-19-13-21(31)24-22(14-19)37-16-20(25(24)32)17-8-10-18(11-9-17)38-29-28(35)27(34)26(33)23(15-30)39-29/h8-11,13-14,16,23,26-31,33-35H,2-7,12,15H2,1H3/t23-,26+,27+,28-,29-/m1/s1. The zero-order valence-electron chi connectivity index (χ0n) is 21.9. The molecule has 0 spiro atoms. The lowest BCUT2D eigenvalue weighted by Crippen LogP contribution is -2.60. The number of aromatic hydroxyl groups is 1. The lowest BCUT2D eigenvalue weighted by molar-refractivity contribution is -0.277. The number of rotatable bonds is 12. The van der Waals surface area contributed by atoms with Crippen LogP contribution in [0.4, 0.5) is 0 Å². The number of hydrogen-bond donors (Lipinski definition) is 5. The first-order chi connectivity index (χ1) is 18.8. The second-order valence-electron chi connectivity index (χ2n) is 9.75. The number of fused-ring (bicyclic) bond motifs is 1. The van der Waals surface area contributed by atoms with E-state index in [9.17, 15) is 30.3 Å². The molecule has 0 unspecified atom stereocenters. The fraction of sp³-hybridized carbons (Fsp3) is 0.483. The van der Waals surface area contributed by atoms with Gasteiger partial charge in [0.15, 0.2) is 0 Å². The zero-order valence-corrected chi connectivity index (χ0v) is 21.9. The van der Waals surface area contributed by atoms with Crippen molar-refractivity contribution in [2.24, 2.45) is 0 Å². The Morgan fingerprint density at radius 1 is 0.897 bits per heavy atom. The molecule has 4 rings (SSSR count). The summed E-state index contributed by atoms with van der Waals surface area (Å²) >= 11 is 0. The van der Waals surface area contributed by atoms with Gasteiger partial charge in [0.1, 0.15) is 58.9 Å². The minimum Gasteiger partial charge on any atom is -0.507 e. The maximum absolute atomic E-state index is 13.2. The molecule has 1 aliphatic heterocycles. The Morgan fingerprint density at radius 3 is 2.33 bits per heavy atom. The van der Waals surface area contributed by atoms with E-state index < -0.39 is 42.7 Å². The summed E-state index contributed by atoms with van der Waals surface area (Å²) in [5.74, 6) is 0.450. The number of benzene rings is 2. The minimum absolute atomic E-state index is 0.0426.